The molecule has 0 atom stereocenters. The van der Waals surface area contributed by atoms with Gasteiger partial charge in [0.2, 0.25) is 5.95 Å². The second kappa shape index (κ2) is 6.72. The highest BCUT2D eigenvalue weighted by Gasteiger charge is 2.13. The number of carboxylic acids is 1. The number of fused-ring (bicyclic) bond motifs is 1. The number of carbonyl (C=O) groups is 1. The minimum atomic E-state index is -1.11. The SMILES string of the molecule is Cc1nc2cnc(Nc3ccnc(-n4cnc(C(=O)O)c4)n3)cc2n1C(C)C. The average Bonchev–Trinajstić information content (AvgIpc) is 3.26. The van der Waals surface area contributed by atoms with Gasteiger partial charge in [-0.3, -0.25) is 4.57 Å². The van der Waals surface area contributed by atoms with E-state index < -0.39 is 5.97 Å². The molecule has 0 aliphatic carbocycles. The van der Waals surface area contributed by atoms with Crippen LogP contribution in [0.2, 0.25) is 0 Å². The Labute approximate surface area is 159 Å². The predicted octanol–water partition coefficient (Wildman–Crippen LogP) is 2.74. The lowest BCUT2D eigenvalue weighted by molar-refractivity contribution is 0.0691. The predicted molar refractivity (Wildman–Crippen MR) is 102 cm³/mol. The van der Waals surface area contributed by atoms with Gasteiger partial charge in [0.25, 0.3) is 0 Å². The van der Waals surface area contributed by atoms with Gasteiger partial charge in [-0.05, 0) is 26.8 Å². The Kier molecular flexibility index (Phi) is 4.22. The molecule has 0 radical (unpaired) electrons. The van der Waals surface area contributed by atoms with Crippen LogP contribution in [0.15, 0.2) is 37.1 Å². The highest BCUT2D eigenvalue weighted by Crippen LogP contribution is 2.23. The maximum Gasteiger partial charge on any atom is 0.356 e. The fourth-order valence-electron chi connectivity index (χ4n) is 3.06. The molecule has 0 bridgehead atoms. The molecule has 0 unspecified atom stereocenters. The number of hydrogen-bond acceptors (Lipinski definition) is 7. The first-order valence-electron chi connectivity index (χ1n) is 8.64. The minimum Gasteiger partial charge on any atom is -0.476 e. The smallest absolute Gasteiger partial charge is 0.356 e. The molecule has 4 aromatic heterocycles. The molecule has 4 rings (SSSR count). The standard InChI is InChI=1S/C18H18N8O2/c1-10(2)26-11(3)22-12-7-20-16(6-14(12)26)23-15-4-5-19-18(24-15)25-8-13(17(27)28)21-9-25/h4-10H,1-3H3,(H,27,28)(H,19,20,23,24). The molecule has 28 heavy (non-hydrogen) atoms. The quantitative estimate of drug-likeness (QED) is 0.543. The molecule has 4 heterocycles. The van der Waals surface area contributed by atoms with Crippen LogP contribution in [-0.4, -0.2) is 45.1 Å². The van der Waals surface area contributed by atoms with Crippen molar-refractivity contribution in [3.05, 3.63) is 48.6 Å². The Morgan fingerprint density at radius 2 is 2.00 bits per heavy atom. The summed E-state index contributed by atoms with van der Waals surface area (Å²) in [5.74, 6) is 1.27. The van der Waals surface area contributed by atoms with Crippen LogP contribution in [0.5, 0.6) is 0 Å². The van der Waals surface area contributed by atoms with Gasteiger partial charge in [0.15, 0.2) is 5.69 Å². The number of nitrogens with zero attached hydrogens (tertiary/aromatic N) is 7. The van der Waals surface area contributed by atoms with Gasteiger partial charge in [0, 0.05) is 24.5 Å². The van der Waals surface area contributed by atoms with Crippen molar-refractivity contribution >= 4 is 28.6 Å². The van der Waals surface area contributed by atoms with Gasteiger partial charge in [0.05, 0.1) is 11.7 Å². The van der Waals surface area contributed by atoms with Gasteiger partial charge in [0.1, 0.15) is 29.3 Å². The Hall–Kier alpha value is -3.82. The number of hydrogen-bond donors (Lipinski definition) is 2. The summed E-state index contributed by atoms with van der Waals surface area (Å²) >= 11 is 0. The number of carboxylic acid groups (broad SMARTS) is 1. The van der Waals surface area contributed by atoms with Crippen molar-refractivity contribution in [1.29, 1.82) is 0 Å². The summed E-state index contributed by atoms with van der Waals surface area (Å²) in [4.78, 5) is 32.3. The van der Waals surface area contributed by atoms with Crippen molar-refractivity contribution in [2.75, 3.05) is 5.32 Å². The maximum absolute atomic E-state index is 11.0. The van der Waals surface area contributed by atoms with Crippen molar-refractivity contribution in [2.45, 2.75) is 26.8 Å². The van der Waals surface area contributed by atoms with Gasteiger partial charge in [-0.1, -0.05) is 0 Å². The van der Waals surface area contributed by atoms with E-state index >= 15 is 0 Å². The van der Waals surface area contributed by atoms with Gasteiger partial charge in [-0.2, -0.15) is 4.98 Å². The van der Waals surface area contributed by atoms with Crippen molar-refractivity contribution in [2.24, 2.45) is 0 Å². The number of aryl methyl sites for hydroxylation is 1. The lowest BCUT2D eigenvalue weighted by atomic mass is 10.3. The Balaban J connectivity index is 1.65. The van der Waals surface area contributed by atoms with Crippen LogP contribution in [-0.2, 0) is 0 Å². The number of pyridine rings is 1. The van der Waals surface area contributed by atoms with E-state index in [1.807, 2.05) is 13.0 Å². The lowest BCUT2D eigenvalue weighted by Gasteiger charge is -2.11. The van der Waals surface area contributed by atoms with E-state index in [0.29, 0.717) is 17.6 Å². The summed E-state index contributed by atoms with van der Waals surface area (Å²) in [5.41, 5.74) is 1.74. The second-order valence-corrected chi connectivity index (χ2v) is 6.52. The van der Waals surface area contributed by atoms with Crippen LogP contribution in [0.3, 0.4) is 0 Å². The van der Waals surface area contributed by atoms with E-state index in [1.54, 1.807) is 18.5 Å². The molecule has 4 aromatic rings. The minimum absolute atomic E-state index is 0.0774. The Morgan fingerprint density at radius 3 is 2.71 bits per heavy atom. The summed E-state index contributed by atoms with van der Waals surface area (Å²) in [6.45, 7) is 6.18. The molecule has 0 amide bonds. The van der Waals surface area contributed by atoms with E-state index in [1.165, 1.54) is 17.1 Å². The van der Waals surface area contributed by atoms with E-state index in [4.69, 9.17) is 5.11 Å². The van der Waals surface area contributed by atoms with Gasteiger partial charge >= 0.3 is 5.97 Å². The van der Waals surface area contributed by atoms with Crippen LogP contribution in [0.25, 0.3) is 17.0 Å². The molecule has 0 saturated heterocycles. The molecule has 0 spiro atoms. The van der Waals surface area contributed by atoms with Crippen LogP contribution in [0.1, 0.15) is 36.2 Å². The number of imidazole rings is 2. The van der Waals surface area contributed by atoms with Crippen molar-refractivity contribution in [1.82, 2.24) is 34.1 Å². The maximum atomic E-state index is 11.0. The molecule has 0 saturated carbocycles. The third kappa shape index (κ3) is 3.15. The summed E-state index contributed by atoms with van der Waals surface area (Å²) < 4.78 is 3.59. The molecule has 142 valence electrons. The normalized spacial score (nSPS) is 11.3. The highest BCUT2D eigenvalue weighted by molar-refractivity contribution is 5.85. The van der Waals surface area contributed by atoms with E-state index in [0.717, 1.165) is 16.9 Å². The van der Waals surface area contributed by atoms with E-state index in [2.05, 4.69) is 48.7 Å². The van der Waals surface area contributed by atoms with Crippen molar-refractivity contribution < 1.29 is 9.90 Å². The number of aromatic nitrogens is 7. The third-order valence-electron chi connectivity index (χ3n) is 4.20. The average molecular weight is 378 g/mol. The first kappa shape index (κ1) is 17.6. The Morgan fingerprint density at radius 1 is 1.18 bits per heavy atom. The third-order valence-corrected chi connectivity index (χ3v) is 4.20. The Bertz CT molecular complexity index is 1180. The summed E-state index contributed by atoms with van der Waals surface area (Å²) in [5, 5.41) is 12.2. The molecular formula is C18H18N8O2. The number of nitrogens with one attached hydrogen (secondary N) is 1. The molecule has 0 aliphatic rings. The highest BCUT2D eigenvalue weighted by atomic mass is 16.4. The molecule has 0 fully saturated rings. The summed E-state index contributed by atoms with van der Waals surface area (Å²) in [6.07, 6.45) is 6.01. The van der Waals surface area contributed by atoms with Crippen molar-refractivity contribution in [3.63, 3.8) is 0 Å². The van der Waals surface area contributed by atoms with Gasteiger partial charge in [-0.25, -0.2) is 24.7 Å². The zero-order chi connectivity index (χ0) is 19.8. The monoisotopic (exact) mass is 378 g/mol. The van der Waals surface area contributed by atoms with E-state index in [-0.39, 0.29) is 11.7 Å². The number of aromatic carboxylic acids is 1. The molecule has 10 heteroatoms. The second-order valence-electron chi connectivity index (χ2n) is 6.52. The van der Waals surface area contributed by atoms with Crippen LogP contribution in [0.4, 0.5) is 11.6 Å². The summed E-state index contributed by atoms with van der Waals surface area (Å²) in [6, 6.07) is 3.90. The topological polar surface area (TPSA) is 124 Å². The first-order valence-corrected chi connectivity index (χ1v) is 8.64. The van der Waals surface area contributed by atoms with Gasteiger partial charge in [-0.15, -0.1) is 0 Å². The zero-order valence-electron chi connectivity index (χ0n) is 15.5. The molecule has 10 nitrogen and oxygen atoms in total. The molecule has 0 aliphatic heterocycles. The molecule has 0 aromatic carbocycles. The first-order chi connectivity index (χ1) is 13.4. The fourth-order valence-corrected chi connectivity index (χ4v) is 3.06. The molecule has 2 N–H and O–H groups in total. The zero-order valence-corrected chi connectivity index (χ0v) is 15.5. The summed E-state index contributed by atoms with van der Waals surface area (Å²) in [7, 11) is 0. The van der Waals surface area contributed by atoms with Crippen LogP contribution >= 0.6 is 0 Å². The number of rotatable bonds is 5. The van der Waals surface area contributed by atoms with Gasteiger partial charge < -0.3 is 15.0 Å². The molecular weight excluding hydrogens is 360 g/mol. The largest absolute Gasteiger partial charge is 0.476 e. The lowest BCUT2D eigenvalue weighted by Crippen LogP contribution is -2.04. The number of anilines is 2. The fraction of sp³-hybridized carbons (Fsp3) is 0.222. The van der Waals surface area contributed by atoms with E-state index in [9.17, 15) is 4.79 Å². The van der Waals surface area contributed by atoms with Crippen molar-refractivity contribution in [3.8, 4) is 5.95 Å². The van der Waals surface area contributed by atoms with Crippen LogP contribution < -0.4 is 5.32 Å². The van der Waals surface area contributed by atoms with Crippen LogP contribution in [0, 0.1) is 6.92 Å².